The minimum Gasteiger partial charge on any atom is -0.482 e. The van der Waals surface area contributed by atoms with Crippen molar-refractivity contribution in [3.63, 3.8) is 0 Å². The first-order chi connectivity index (χ1) is 16.1. The van der Waals surface area contributed by atoms with Crippen LogP contribution in [0.1, 0.15) is 24.4 Å². The topological polar surface area (TPSA) is 89.4 Å². The second-order valence-electron chi connectivity index (χ2n) is 7.51. The Kier molecular flexibility index (Phi) is 6.51. The fraction of sp³-hybridized carbons (Fsp3) is 0.273. The van der Waals surface area contributed by atoms with E-state index in [1.807, 2.05) is 19.1 Å². The summed E-state index contributed by atoms with van der Waals surface area (Å²) in [6, 6.07) is 11.2. The van der Waals surface area contributed by atoms with Gasteiger partial charge >= 0.3 is 6.18 Å². The molecule has 3 aromatic rings. The molecule has 0 spiro atoms. The fourth-order valence-electron chi connectivity index (χ4n) is 3.58. The minimum absolute atomic E-state index is 0.0530. The van der Waals surface area contributed by atoms with E-state index in [2.05, 4.69) is 15.5 Å². The molecule has 34 heavy (non-hydrogen) atoms. The number of carbonyl (C=O) groups is 2. The second-order valence-corrected chi connectivity index (χ2v) is 8.45. The molecule has 1 N–H and O–H groups in total. The third-order valence-electron chi connectivity index (χ3n) is 5.18. The van der Waals surface area contributed by atoms with Crippen molar-refractivity contribution in [2.75, 3.05) is 22.6 Å². The predicted octanol–water partition coefficient (Wildman–Crippen LogP) is 4.05. The number of hydrogen-bond acceptors (Lipinski definition) is 6. The molecule has 0 fully saturated rings. The van der Waals surface area contributed by atoms with Gasteiger partial charge in [-0.2, -0.15) is 13.2 Å². The van der Waals surface area contributed by atoms with Gasteiger partial charge in [-0.15, -0.1) is 10.2 Å². The normalized spacial score (nSPS) is 14.4. The van der Waals surface area contributed by atoms with Crippen molar-refractivity contribution in [2.24, 2.45) is 7.05 Å². The van der Waals surface area contributed by atoms with Crippen molar-refractivity contribution < 1.29 is 27.5 Å². The number of amides is 2. The maximum absolute atomic E-state index is 12.9. The van der Waals surface area contributed by atoms with Crippen LogP contribution in [0.4, 0.5) is 24.5 Å². The summed E-state index contributed by atoms with van der Waals surface area (Å²) in [5.74, 6) is 0.307. The number of nitrogens with zero attached hydrogens (tertiary/aromatic N) is 4. The number of anilines is 2. The number of fused-ring (bicyclic) bond motifs is 1. The maximum atomic E-state index is 12.9. The zero-order chi connectivity index (χ0) is 24.5. The monoisotopic (exact) mass is 491 g/mol. The lowest BCUT2D eigenvalue weighted by molar-refractivity contribution is -0.137. The van der Waals surface area contributed by atoms with Crippen molar-refractivity contribution in [3.8, 4) is 5.75 Å². The molecule has 1 aromatic heterocycles. The molecule has 0 bridgehead atoms. The van der Waals surface area contributed by atoms with Crippen LogP contribution in [0.15, 0.2) is 53.7 Å². The lowest BCUT2D eigenvalue weighted by Gasteiger charge is -2.33. The molecule has 1 aliphatic heterocycles. The standard InChI is InChI=1S/C22H20F3N5O3S/c1-13(30-16-8-3-4-9-17(16)33-11-19(30)32)20-27-28-21(29(20)2)34-12-18(31)26-15-7-5-6-14(10-15)22(23,24)25/h3-10,13H,11-12H2,1-2H3,(H,26,31)/t13-/m0/s1. The smallest absolute Gasteiger partial charge is 0.416 e. The predicted molar refractivity (Wildman–Crippen MR) is 120 cm³/mol. The van der Waals surface area contributed by atoms with E-state index in [1.165, 1.54) is 12.1 Å². The van der Waals surface area contributed by atoms with Crippen LogP contribution < -0.4 is 15.0 Å². The van der Waals surface area contributed by atoms with Gasteiger partial charge in [0.25, 0.3) is 5.91 Å². The van der Waals surface area contributed by atoms with Gasteiger partial charge in [0, 0.05) is 12.7 Å². The van der Waals surface area contributed by atoms with Crippen LogP contribution in [0, 0.1) is 0 Å². The Morgan fingerprint density at radius 1 is 1.21 bits per heavy atom. The quantitative estimate of drug-likeness (QED) is 0.524. The molecule has 0 saturated carbocycles. The van der Waals surface area contributed by atoms with Crippen LogP contribution in [-0.2, 0) is 22.8 Å². The summed E-state index contributed by atoms with van der Waals surface area (Å²) in [5, 5.41) is 11.2. The zero-order valence-electron chi connectivity index (χ0n) is 18.2. The minimum atomic E-state index is -4.50. The SMILES string of the molecule is C[C@@H](c1nnc(SCC(=O)Nc2cccc(C(F)(F)F)c2)n1C)N1C(=O)COc2ccccc21. The lowest BCUT2D eigenvalue weighted by Crippen LogP contribution is -2.41. The molecule has 2 heterocycles. The van der Waals surface area contributed by atoms with Crippen LogP contribution in [0.2, 0.25) is 0 Å². The molecule has 1 aliphatic rings. The fourth-order valence-corrected chi connectivity index (χ4v) is 4.30. The molecular formula is C22H20F3N5O3S. The van der Waals surface area contributed by atoms with E-state index in [-0.39, 0.29) is 24.0 Å². The molecule has 1 atom stereocenters. The number of hydrogen-bond donors (Lipinski definition) is 1. The van der Waals surface area contributed by atoms with Gasteiger partial charge in [-0.1, -0.05) is 30.0 Å². The van der Waals surface area contributed by atoms with Crippen LogP contribution in [0.3, 0.4) is 0 Å². The van der Waals surface area contributed by atoms with Gasteiger partial charge in [0.15, 0.2) is 17.6 Å². The molecule has 0 saturated heterocycles. The number of halogens is 3. The summed E-state index contributed by atoms with van der Waals surface area (Å²) < 4.78 is 45.7. The van der Waals surface area contributed by atoms with E-state index in [1.54, 1.807) is 28.6 Å². The number of ether oxygens (including phenoxy) is 1. The first kappa shape index (κ1) is 23.6. The summed E-state index contributed by atoms with van der Waals surface area (Å²) in [6.45, 7) is 1.73. The van der Waals surface area contributed by atoms with E-state index in [0.717, 1.165) is 23.9 Å². The van der Waals surface area contributed by atoms with Crippen LogP contribution in [0.5, 0.6) is 5.75 Å². The Morgan fingerprint density at radius 2 is 1.97 bits per heavy atom. The average molecular weight is 491 g/mol. The van der Waals surface area contributed by atoms with Gasteiger partial charge in [0.05, 0.1) is 23.0 Å². The average Bonchev–Trinajstić information content (AvgIpc) is 3.17. The molecular weight excluding hydrogens is 471 g/mol. The number of carbonyl (C=O) groups excluding carboxylic acids is 2. The Labute approximate surface area is 197 Å². The highest BCUT2D eigenvalue weighted by Gasteiger charge is 2.33. The first-order valence-electron chi connectivity index (χ1n) is 10.2. The van der Waals surface area contributed by atoms with Gasteiger partial charge in [-0.25, -0.2) is 0 Å². The van der Waals surface area contributed by atoms with Gasteiger partial charge in [-0.05, 0) is 37.3 Å². The summed E-state index contributed by atoms with van der Waals surface area (Å²) >= 11 is 1.08. The highest BCUT2D eigenvalue weighted by Crippen LogP contribution is 2.37. The summed E-state index contributed by atoms with van der Waals surface area (Å²) in [6.07, 6.45) is -4.50. The molecule has 2 aromatic carbocycles. The largest absolute Gasteiger partial charge is 0.482 e. The maximum Gasteiger partial charge on any atom is 0.416 e. The zero-order valence-corrected chi connectivity index (χ0v) is 19.0. The van der Waals surface area contributed by atoms with Crippen molar-refractivity contribution in [1.29, 1.82) is 0 Å². The number of aromatic nitrogens is 3. The van der Waals surface area contributed by atoms with Gasteiger partial charge in [-0.3, -0.25) is 14.5 Å². The van der Waals surface area contributed by atoms with E-state index < -0.39 is 23.7 Å². The highest BCUT2D eigenvalue weighted by molar-refractivity contribution is 7.99. The molecule has 0 unspecified atom stereocenters. The number of rotatable bonds is 6. The Morgan fingerprint density at radius 3 is 2.74 bits per heavy atom. The Bertz CT molecular complexity index is 1230. The number of benzene rings is 2. The van der Waals surface area contributed by atoms with Gasteiger partial charge in [0.2, 0.25) is 5.91 Å². The molecule has 8 nitrogen and oxygen atoms in total. The van der Waals surface area contributed by atoms with Gasteiger partial charge < -0.3 is 14.6 Å². The van der Waals surface area contributed by atoms with Crippen molar-refractivity contribution in [3.05, 3.63) is 59.9 Å². The van der Waals surface area contributed by atoms with Crippen LogP contribution in [-0.4, -0.2) is 38.9 Å². The second kappa shape index (κ2) is 9.37. The third kappa shape index (κ3) is 4.86. The summed E-state index contributed by atoms with van der Waals surface area (Å²) in [7, 11) is 1.72. The molecule has 2 amide bonds. The Balaban J connectivity index is 1.43. The number of alkyl halides is 3. The Hall–Kier alpha value is -3.54. The first-order valence-corrected chi connectivity index (χ1v) is 11.2. The van der Waals surface area contributed by atoms with E-state index in [0.29, 0.717) is 22.4 Å². The molecule has 0 aliphatic carbocycles. The molecule has 12 heteroatoms. The van der Waals surface area contributed by atoms with Gasteiger partial charge in [0.1, 0.15) is 5.75 Å². The number of para-hydroxylation sites is 2. The van der Waals surface area contributed by atoms with Crippen LogP contribution >= 0.6 is 11.8 Å². The van der Waals surface area contributed by atoms with Crippen LogP contribution in [0.25, 0.3) is 0 Å². The van der Waals surface area contributed by atoms with E-state index >= 15 is 0 Å². The highest BCUT2D eigenvalue weighted by atomic mass is 32.2. The molecule has 0 radical (unpaired) electrons. The molecule has 178 valence electrons. The molecule has 4 rings (SSSR count). The summed E-state index contributed by atoms with van der Waals surface area (Å²) in [4.78, 5) is 26.5. The third-order valence-corrected chi connectivity index (χ3v) is 6.20. The number of nitrogens with one attached hydrogen (secondary N) is 1. The van der Waals surface area contributed by atoms with Crippen molar-refractivity contribution >= 4 is 35.0 Å². The van der Waals surface area contributed by atoms with E-state index in [4.69, 9.17) is 4.74 Å². The van der Waals surface area contributed by atoms with Crippen molar-refractivity contribution in [1.82, 2.24) is 14.8 Å². The number of thioether (sulfide) groups is 1. The van der Waals surface area contributed by atoms with Crippen molar-refractivity contribution in [2.45, 2.75) is 24.3 Å². The van der Waals surface area contributed by atoms with E-state index in [9.17, 15) is 22.8 Å². The lowest BCUT2D eigenvalue weighted by atomic mass is 10.1. The summed E-state index contributed by atoms with van der Waals surface area (Å²) in [5.41, 5.74) is -0.162.